The first-order valence-corrected chi connectivity index (χ1v) is 8.40. The van der Waals surface area contributed by atoms with Crippen LogP contribution in [0.15, 0.2) is 46.6 Å². The fraction of sp³-hybridized carbons (Fsp3) is 0.333. The quantitative estimate of drug-likeness (QED) is 0.735. The Bertz CT molecular complexity index is 1040. The van der Waals surface area contributed by atoms with E-state index in [1.807, 2.05) is 51.1 Å². The monoisotopic (exact) mass is 352 g/mol. The van der Waals surface area contributed by atoms with Crippen molar-refractivity contribution in [3.05, 3.63) is 52.6 Å². The number of hydrogen-bond acceptors (Lipinski definition) is 6. The van der Waals surface area contributed by atoms with Crippen molar-refractivity contribution in [3.63, 3.8) is 0 Å². The average molecular weight is 352 g/mol. The molecule has 0 aliphatic carbocycles. The van der Waals surface area contributed by atoms with Crippen LogP contribution < -0.4 is 10.6 Å². The van der Waals surface area contributed by atoms with Gasteiger partial charge in [0.25, 0.3) is 5.56 Å². The number of nitrogens with zero attached hydrogens (tertiary/aromatic N) is 5. The summed E-state index contributed by atoms with van der Waals surface area (Å²) < 4.78 is 1.43. The molecule has 0 spiro atoms. The van der Waals surface area contributed by atoms with Crippen LogP contribution in [0.3, 0.4) is 0 Å². The first kappa shape index (κ1) is 16.5. The summed E-state index contributed by atoms with van der Waals surface area (Å²) in [5.41, 5.74) is 1.21. The van der Waals surface area contributed by atoms with E-state index in [4.69, 9.17) is 5.10 Å². The minimum Gasteiger partial charge on any atom is -0.367 e. The highest BCUT2D eigenvalue weighted by Gasteiger charge is 2.37. The molecule has 0 fully saturated rings. The van der Waals surface area contributed by atoms with Crippen molar-refractivity contribution >= 4 is 22.6 Å². The van der Waals surface area contributed by atoms with Gasteiger partial charge in [0.05, 0.1) is 18.6 Å². The van der Waals surface area contributed by atoms with Gasteiger partial charge in [0.1, 0.15) is 5.39 Å². The molecule has 1 aromatic carbocycles. The van der Waals surface area contributed by atoms with Gasteiger partial charge in [-0.2, -0.15) is 5.10 Å². The third kappa shape index (κ3) is 2.59. The molecule has 8 heteroatoms. The fourth-order valence-electron chi connectivity index (χ4n) is 3.10. The van der Waals surface area contributed by atoms with Crippen molar-refractivity contribution in [1.82, 2.24) is 19.7 Å². The van der Waals surface area contributed by atoms with Gasteiger partial charge in [-0.25, -0.2) is 14.7 Å². The molecule has 3 heterocycles. The molecule has 8 nitrogen and oxygen atoms in total. The largest absolute Gasteiger partial charge is 0.367 e. The SMILES string of the molecule is CC(C)(C)C1=NN(Cc2ccccc2)c2c3c(=O)[nH]cnc3nn2C1O. The van der Waals surface area contributed by atoms with E-state index in [1.54, 1.807) is 5.01 Å². The number of hydrazone groups is 1. The predicted octanol–water partition coefficient (Wildman–Crippen LogP) is 2.03. The van der Waals surface area contributed by atoms with E-state index < -0.39 is 6.23 Å². The molecular weight excluding hydrogens is 332 g/mol. The van der Waals surface area contributed by atoms with Gasteiger partial charge < -0.3 is 10.1 Å². The van der Waals surface area contributed by atoms with Gasteiger partial charge in [-0.3, -0.25) is 4.79 Å². The van der Waals surface area contributed by atoms with E-state index in [1.165, 1.54) is 11.0 Å². The zero-order valence-electron chi connectivity index (χ0n) is 14.8. The Morgan fingerprint density at radius 2 is 1.96 bits per heavy atom. The molecule has 1 aliphatic heterocycles. The van der Waals surface area contributed by atoms with Crippen LogP contribution in [0, 0.1) is 5.41 Å². The molecular formula is C18H20N6O2. The Morgan fingerprint density at radius 1 is 1.23 bits per heavy atom. The molecule has 3 aromatic rings. The smallest absolute Gasteiger partial charge is 0.264 e. The van der Waals surface area contributed by atoms with Crippen LogP contribution in [-0.4, -0.2) is 30.6 Å². The van der Waals surface area contributed by atoms with Gasteiger partial charge in [-0.05, 0) is 5.56 Å². The van der Waals surface area contributed by atoms with Gasteiger partial charge >= 0.3 is 0 Å². The van der Waals surface area contributed by atoms with Crippen LogP contribution in [0.2, 0.25) is 0 Å². The second-order valence-corrected chi connectivity index (χ2v) is 7.35. The van der Waals surface area contributed by atoms with E-state index in [9.17, 15) is 9.90 Å². The third-order valence-electron chi connectivity index (χ3n) is 4.37. The molecule has 4 rings (SSSR count). The molecule has 0 saturated carbocycles. The van der Waals surface area contributed by atoms with Gasteiger partial charge in [-0.15, -0.1) is 5.10 Å². The number of aromatic nitrogens is 4. The lowest BCUT2D eigenvalue weighted by atomic mass is 9.88. The maximum Gasteiger partial charge on any atom is 0.264 e. The molecule has 0 saturated heterocycles. The molecule has 1 unspecified atom stereocenters. The second-order valence-electron chi connectivity index (χ2n) is 7.35. The number of rotatable bonds is 2. The zero-order valence-corrected chi connectivity index (χ0v) is 14.8. The summed E-state index contributed by atoms with van der Waals surface area (Å²) in [7, 11) is 0. The Balaban J connectivity index is 1.94. The summed E-state index contributed by atoms with van der Waals surface area (Å²) in [6, 6.07) is 9.82. The van der Waals surface area contributed by atoms with Crippen molar-refractivity contribution in [2.24, 2.45) is 10.5 Å². The Morgan fingerprint density at radius 3 is 2.65 bits per heavy atom. The maximum atomic E-state index is 12.4. The molecule has 134 valence electrons. The Labute approximate surface area is 149 Å². The van der Waals surface area contributed by atoms with Gasteiger partial charge in [0.15, 0.2) is 17.7 Å². The number of H-pyrrole nitrogens is 1. The topological polar surface area (TPSA) is 99.4 Å². The highest BCUT2D eigenvalue weighted by Crippen LogP contribution is 2.35. The summed E-state index contributed by atoms with van der Waals surface area (Å²) >= 11 is 0. The minimum absolute atomic E-state index is 0.284. The van der Waals surface area contributed by atoms with Crippen LogP contribution in [-0.2, 0) is 6.54 Å². The van der Waals surface area contributed by atoms with Crippen LogP contribution in [0.4, 0.5) is 5.82 Å². The summed E-state index contributed by atoms with van der Waals surface area (Å²) in [6.45, 7) is 6.39. The summed E-state index contributed by atoms with van der Waals surface area (Å²) in [6.07, 6.45) is 0.258. The van der Waals surface area contributed by atoms with E-state index >= 15 is 0 Å². The summed E-state index contributed by atoms with van der Waals surface area (Å²) in [5.74, 6) is 0.443. The highest BCUT2D eigenvalue weighted by atomic mass is 16.3. The third-order valence-corrected chi connectivity index (χ3v) is 4.37. The van der Waals surface area contributed by atoms with Gasteiger partial charge in [0, 0.05) is 5.41 Å². The summed E-state index contributed by atoms with van der Waals surface area (Å²) in [5, 5.41) is 21.9. The number of aliphatic hydroxyl groups excluding tert-OH is 1. The van der Waals surface area contributed by atoms with Gasteiger partial charge in [0.2, 0.25) is 0 Å². The molecule has 1 atom stereocenters. The number of aromatic amines is 1. The van der Waals surface area contributed by atoms with Crippen LogP contribution in [0.5, 0.6) is 0 Å². The number of anilines is 1. The van der Waals surface area contributed by atoms with Crippen molar-refractivity contribution in [3.8, 4) is 0 Å². The molecule has 1 aliphatic rings. The van der Waals surface area contributed by atoms with Crippen molar-refractivity contribution in [2.75, 3.05) is 5.01 Å². The van der Waals surface area contributed by atoms with Crippen LogP contribution in [0.1, 0.15) is 32.6 Å². The first-order chi connectivity index (χ1) is 12.4. The number of fused-ring (bicyclic) bond motifs is 3. The second kappa shape index (κ2) is 5.77. The van der Waals surface area contributed by atoms with E-state index in [0.717, 1.165) is 5.56 Å². The fourth-order valence-corrected chi connectivity index (χ4v) is 3.10. The predicted molar refractivity (Wildman–Crippen MR) is 98.9 cm³/mol. The van der Waals surface area contributed by atoms with Gasteiger partial charge in [-0.1, -0.05) is 51.1 Å². The average Bonchev–Trinajstić information content (AvgIpc) is 2.99. The lowest BCUT2D eigenvalue weighted by Crippen LogP contribution is -2.39. The zero-order chi connectivity index (χ0) is 18.5. The Hall–Kier alpha value is -3.00. The maximum absolute atomic E-state index is 12.4. The van der Waals surface area contributed by atoms with Crippen molar-refractivity contribution in [2.45, 2.75) is 33.5 Å². The lowest BCUT2D eigenvalue weighted by Gasteiger charge is -2.34. The number of benzene rings is 1. The molecule has 26 heavy (non-hydrogen) atoms. The van der Waals surface area contributed by atoms with E-state index in [-0.39, 0.29) is 16.6 Å². The first-order valence-electron chi connectivity index (χ1n) is 8.40. The molecule has 0 amide bonds. The molecule has 2 N–H and O–H groups in total. The Kier molecular flexibility index (Phi) is 3.66. The number of aliphatic hydroxyl groups is 1. The normalized spacial score (nSPS) is 17.3. The van der Waals surface area contributed by atoms with Crippen molar-refractivity contribution in [1.29, 1.82) is 0 Å². The highest BCUT2D eigenvalue weighted by molar-refractivity contribution is 5.97. The van der Waals surface area contributed by atoms with Crippen LogP contribution in [0.25, 0.3) is 11.0 Å². The number of hydrogen-bond donors (Lipinski definition) is 2. The van der Waals surface area contributed by atoms with E-state index in [0.29, 0.717) is 23.5 Å². The lowest BCUT2D eigenvalue weighted by molar-refractivity contribution is 0.146. The summed E-state index contributed by atoms with van der Waals surface area (Å²) in [4.78, 5) is 19.1. The molecule has 0 bridgehead atoms. The minimum atomic E-state index is -1.05. The molecule has 2 aromatic heterocycles. The molecule has 0 radical (unpaired) electrons. The standard InChI is InChI=1S/C18H20N6O2/c1-18(2,3)13-17(26)24-16(12-14(22-24)19-10-20-15(12)25)23(21-13)9-11-7-5-4-6-8-11/h4-8,10,17,26H,9H2,1-3H3,(H,19,20,22,25). The number of nitrogens with one attached hydrogen (secondary N) is 1. The van der Waals surface area contributed by atoms with E-state index in [2.05, 4.69) is 15.1 Å². The van der Waals surface area contributed by atoms with Crippen LogP contribution >= 0.6 is 0 Å². The van der Waals surface area contributed by atoms with Crippen molar-refractivity contribution < 1.29 is 5.11 Å².